The molecule has 118 valence electrons. The van der Waals surface area contributed by atoms with Gasteiger partial charge in [0.1, 0.15) is 5.69 Å². The lowest BCUT2D eigenvalue weighted by atomic mass is 9.77. The first-order valence-electron chi connectivity index (χ1n) is 8.20. The smallest absolute Gasteiger partial charge is 0.272 e. The second-order valence-corrected chi connectivity index (χ2v) is 6.36. The maximum absolute atomic E-state index is 12.5. The first-order chi connectivity index (χ1) is 11.3. The van der Waals surface area contributed by atoms with Gasteiger partial charge in [-0.1, -0.05) is 36.4 Å². The van der Waals surface area contributed by atoms with E-state index in [9.17, 15) is 4.79 Å². The second-order valence-electron chi connectivity index (χ2n) is 6.36. The van der Waals surface area contributed by atoms with Crippen molar-refractivity contribution in [1.29, 1.82) is 0 Å². The number of fused-ring (bicyclic) bond motifs is 2. The summed E-state index contributed by atoms with van der Waals surface area (Å²) < 4.78 is 6.05. The Morgan fingerprint density at radius 1 is 1.04 bits per heavy atom. The van der Waals surface area contributed by atoms with E-state index in [1.54, 1.807) is 12.3 Å². The minimum absolute atomic E-state index is 0.0633. The van der Waals surface area contributed by atoms with Crippen molar-refractivity contribution in [3.63, 3.8) is 0 Å². The van der Waals surface area contributed by atoms with Gasteiger partial charge in [0.15, 0.2) is 0 Å². The SMILES string of the molecule is O=C(c1ccccn1)N1C2CC(OCc3ccccc3)CC1C2. The summed E-state index contributed by atoms with van der Waals surface area (Å²) in [7, 11) is 0. The van der Waals surface area contributed by atoms with Crippen LogP contribution in [0.5, 0.6) is 0 Å². The normalized spacial score (nSPS) is 25.7. The highest BCUT2D eigenvalue weighted by Gasteiger charge is 2.48. The number of hydrogen-bond donors (Lipinski definition) is 0. The van der Waals surface area contributed by atoms with E-state index >= 15 is 0 Å². The van der Waals surface area contributed by atoms with E-state index in [-0.39, 0.29) is 12.0 Å². The van der Waals surface area contributed by atoms with Crippen LogP contribution >= 0.6 is 0 Å². The van der Waals surface area contributed by atoms with Crippen LogP contribution in [0.1, 0.15) is 35.3 Å². The van der Waals surface area contributed by atoms with E-state index in [1.807, 2.05) is 35.2 Å². The zero-order valence-electron chi connectivity index (χ0n) is 13.0. The van der Waals surface area contributed by atoms with Gasteiger partial charge in [0.25, 0.3) is 5.91 Å². The Labute approximate surface area is 136 Å². The number of aromatic nitrogens is 1. The summed E-state index contributed by atoms with van der Waals surface area (Å²) in [6.07, 6.45) is 4.90. The van der Waals surface area contributed by atoms with Crippen LogP contribution in [0.15, 0.2) is 54.7 Å². The molecule has 2 aliphatic heterocycles. The molecule has 1 aliphatic carbocycles. The number of carbonyl (C=O) groups excluding carboxylic acids is 1. The molecule has 4 nitrogen and oxygen atoms in total. The number of hydrogen-bond acceptors (Lipinski definition) is 3. The van der Waals surface area contributed by atoms with Gasteiger partial charge < -0.3 is 9.64 Å². The quantitative estimate of drug-likeness (QED) is 0.872. The van der Waals surface area contributed by atoms with E-state index in [0.29, 0.717) is 24.4 Å². The Morgan fingerprint density at radius 3 is 2.48 bits per heavy atom. The van der Waals surface area contributed by atoms with Crippen molar-refractivity contribution < 1.29 is 9.53 Å². The first kappa shape index (κ1) is 14.4. The molecule has 1 amide bonds. The molecule has 3 heterocycles. The molecule has 0 radical (unpaired) electrons. The molecule has 2 aromatic rings. The van der Waals surface area contributed by atoms with Crippen molar-refractivity contribution in [2.24, 2.45) is 0 Å². The number of ether oxygens (including phenoxy) is 1. The minimum atomic E-state index is 0.0633. The van der Waals surface area contributed by atoms with Crippen molar-refractivity contribution in [3.05, 3.63) is 66.0 Å². The maximum Gasteiger partial charge on any atom is 0.272 e. The summed E-state index contributed by atoms with van der Waals surface area (Å²) in [6.45, 7) is 0.652. The summed E-state index contributed by atoms with van der Waals surface area (Å²) in [5, 5.41) is 0. The molecule has 0 N–H and O–H groups in total. The maximum atomic E-state index is 12.5. The van der Waals surface area contributed by atoms with Crippen LogP contribution in [0, 0.1) is 0 Å². The third kappa shape index (κ3) is 2.86. The van der Waals surface area contributed by atoms with Gasteiger partial charge in [0, 0.05) is 18.3 Å². The molecule has 0 spiro atoms. The fraction of sp³-hybridized carbons (Fsp3) is 0.368. The van der Waals surface area contributed by atoms with Gasteiger partial charge in [-0.15, -0.1) is 0 Å². The first-order valence-corrected chi connectivity index (χ1v) is 8.20. The van der Waals surface area contributed by atoms with Crippen molar-refractivity contribution in [2.75, 3.05) is 0 Å². The van der Waals surface area contributed by atoms with Crippen molar-refractivity contribution in [2.45, 2.75) is 44.1 Å². The molecule has 3 aliphatic rings. The van der Waals surface area contributed by atoms with Gasteiger partial charge in [-0.2, -0.15) is 0 Å². The average Bonchev–Trinajstić information content (AvgIpc) is 2.62. The Kier molecular flexibility index (Phi) is 3.83. The second kappa shape index (κ2) is 6.13. The highest BCUT2D eigenvalue weighted by atomic mass is 16.5. The minimum Gasteiger partial charge on any atom is -0.373 e. The van der Waals surface area contributed by atoms with E-state index in [4.69, 9.17) is 4.74 Å². The van der Waals surface area contributed by atoms with Gasteiger partial charge in [-0.05, 0) is 37.0 Å². The number of nitrogens with zero attached hydrogens (tertiary/aromatic N) is 2. The van der Waals surface area contributed by atoms with Crippen LogP contribution in [0.25, 0.3) is 0 Å². The number of pyridine rings is 1. The highest BCUT2D eigenvalue weighted by molar-refractivity contribution is 5.93. The Morgan fingerprint density at radius 2 is 1.78 bits per heavy atom. The van der Waals surface area contributed by atoms with E-state index < -0.39 is 0 Å². The summed E-state index contributed by atoms with van der Waals surface area (Å²) in [4.78, 5) is 18.7. The predicted octanol–water partition coefficient (Wildman–Crippen LogP) is 3.04. The van der Waals surface area contributed by atoms with Crippen molar-refractivity contribution in [1.82, 2.24) is 9.88 Å². The van der Waals surface area contributed by atoms with Crippen molar-refractivity contribution >= 4 is 5.91 Å². The molecule has 2 bridgehead atoms. The van der Waals surface area contributed by atoms with Gasteiger partial charge in [-0.3, -0.25) is 9.78 Å². The number of piperidine rings is 1. The Balaban J connectivity index is 1.34. The molecule has 1 aromatic carbocycles. The average molecular weight is 308 g/mol. The molecule has 1 saturated carbocycles. The van der Waals surface area contributed by atoms with Crippen LogP contribution in [0.4, 0.5) is 0 Å². The van der Waals surface area contributed by atoms with Gasteiger partial charge in [0.2, 0.25) is 0 Å². The van der Waals surface area contributed by atoms with E-state index in [2.05, 4.69) is 17.1 Å². The lowest BCUT2D eigenvalue weighted by Gasteiger charge is -2.54. The van der Waals surface area contributed by atoms with Gasteiger partial charge in [-0.25, -0.2) is 0 Å². The Bertz CT molecular complexity index is 662. The fourth-order valence-electron chi connectivity index (χ4n) is 3.70. The third-order valence-corrected chi connectivity index (χ3v) is 4.85. The molecule has 5 rings (SSSR count). The molecular formula is C19H20N2O2. The number of rotatable bonds is 4. The molecule has 23 heavy (non-hydrogen) atoms. The summed E-state index contributed by atoms with van der Waals surface area (Å²) in [6, 6.07) is 16.4. The number of amides is 1. The van der Waals surface area contributed by atoms with Crippen LogP contribution < -0.4 is 0 Å². The molecule has 3 fully saturated rings. The van der Waals surface area contributed by atoms with Crippen LogP contribution in [0.2, 0.25) is 0 Å². The third-order valence-electron chi connectivity index (χ3n) is 4.85. The molecule has 2 atom stereocenters. The van der Waals surface area contributed by atoms with Gasteiger partial charge in [0.05, 0.1) is 12.7 Å². The molecule has 2 saturated heterocycles. The lowest BCUT2D eigenvalue weighted by molar-refractivity contribution is -0.0902. The molecule has 1 aromatic heterocycles. The van der Waals surface area contributed by atoms with E-state index in [1.165, 1.54) is 5.56 Å². The zero-order valence-corrected chi connectivity index (χ0v) is 13.0. The summed E-state index contributed by atoms with van der Waals surface area (Å²) in [5.74, 6) is 0.0633. The number of carbonyl (C=O) groups is 1. The van der Waals surface area contributed by atoms with Crippen molar-refractivity contribution in [3.8, 4) is 0 Å². The van der Waals surface area contributed by atoms with Crippen LogP contribution in [0.3, 0.4) is 0 Å². The standard InChI is InChI=1S/C19H20N2O2/c22-19(18-8-4-5-9-20-18)21-15-10-16(21)12-17(11-15)23-13-14-6-2-1-3-7-14/h1-9,15-17H,10-13H2. The zero-order chi connectivity index (χ0) is 15.6. The molecule has 2 unspecified atom stereocenters. The monoisotopic (exact) mass is 308 g/mol. The van der Waals surface area contributed by atoms with Crippen LogP contribution in [-0.2, 0) is 11.3 Å². The summed E-state index contributed by atoms with van der Waals surface area (Å²) in [5.41, 5.74) is 1.75. The topological polar surface area (TPSA) is 42.4 Å². The fourth-order valence-corrected chi connectivity index (χ4v) is 3.70. The Hall–Kier alpha value is -2.20. The van der Waals surface area contributed by atoms with E-state index in [0.717, 1.165) is 19.3 Å². The highest BCUT2D eigenvalue weighted by Crippen LogP contribution is 2.40. The summed E-state index contributed by atoms with van der Waals surface area (Å²) >= 11 is 0. The molecular weight excluding hydrogens is 288 g/mol. The largest absolute Gasteiger partial charge is 0.373 e. The van der Waals surface area contributed by atoms with Crippen LogP contribution in [-0.4, -0.2) is 34.0 Å². The lowest BCUT2D eigenvalue weighted by Crippen LogP contribution is -2.64. The predicted molar refractivity (Wildman–Crippen MR) is 86.9 cm³/mol. The molecule has 4 heteroatoms. The van der Waals surface area contributed by atoms with Gasteiger partial charge >= 0.3 is 0 Å². The number of benzene rings is 1.